The Bertz CT molecular complexity index is 289. The molecule has 0 amide bonds. The molecule has 0 aromatic heterocycles. The van der Waals surface area contributed by atoms with Gasteiger partial charge in [0.25, 0.3) is 0 Å². The fourth-order valence-corrected chi connectivity index (χ4v) is 3.86. The van der Waals surface area contributed by atoms with Gasteiger partial charge in [0.1, 0.15) is 0 Å². The average molecular weight is 212 g/mol. The van der Waals surface area contributed by atoms with Gasteiger partial charge in [-0.1, -0.05) is 13.8 Å². The van der Waals surface area contributed by atoms with Gasteiger partial charge in [-0.3, -0.25) is 4.79 Å². The topological polar surface area (TPSA) is 57.5 Å². The van der Waals surface area contributed by atoms with Crippen LogP contribution in [0.3, 0.4) is 0 Å². The summed E-state index contributed by atoms with van der Waals surface area (Å²) in [7, 11) is 0. The highest BCUT2D eigenvalue weighted by Crippen LogP contribution is 2.67. The van der Waals surface area contributed by atoms with E-state index in [-0.39, 0.29) is 23.4 Å². The smallest absolute Gasteiger partial charge is 0.303 e. The maximum absolute atomic E-state index is 10.7. The van der Waals surface area contributed by atoms with Crippen LogP contribution in [-0.2, 0) is 4.79 Å². The lowest BCUT2D eigenvalue weighted by Crippen LogP contribution is -2.37. The quantitative estimate of drug-likeness (QED) is 0.752. The second-order valence-electron chi connectivity index (χ2n) is 5.72. The summed E-state index contributed by atoms with van der Waals surface area (Å²) in [5, 5.41) is 18.8. The molecule has 2 bridgehead atoms. The molecule has 0 unspecified atom stereocenters. The number of carbonyl (C=O) groups is 1. The fraction of sp³-hybridized carbons (Fsp3) is 0.917. The van der Waals surface area contributed by atoms with Crippen LogP contribution < -0.4 is 0 Å². The van der Waals surface area contributed by atoms with Gasteiger partial charge in [0.2, 0.25) is 0 Å². The highest BCUT2D eigenvalue weighted by Gasteiger charge is 2.62. The van der Waals surface area contributed by atoms with Crippen LogP contribution in [0.4, 0.5) is 0 Å². The summed E-state index contributed by atoms with van der Waals surface area (Å²) in [6, 6.07) is 0. The van der Waals surface area contributed by atoms with E-state index < -0.39 is 5.97 Å². The molecule has 86 valence electrons. The highest BCUT2D eigenvalue weighted by molar-refractivity contribution is 5.66. The first-order valence-electron chi connectivity index (χ1n) is 5.80. The number of fused-ring (bicyclic) bond motifs is 2. The maximum Gasteiger partial charge on any atom is 0.303 e. The van der Waals surface area contributed by atoms with Crippen molar-refractivity contribution in [2.45, 2.75) is 52.1 Å². The van der Waals surface area contributed by atoms with Crippen molar-refractivity contribution in [1.29, 1.82) is 0 Å². The Hall–Kier alpha value is -0.570. The van der Waals surface area contributed by atoms with E-state index in [1.54, 1.807) is 0 Å². The molecule has 2 aliphatic carbocycles. The van der Waals surface area contributed by atoms with Crippen molar-refractivity contribution in [2.75, 3.05) is 0 Å². The van der Waals surface area contributed by atoms with Crippen molar-refractivity contribution in [3.63, 3.8) is 0 Å². The van der Waals surface area contributed by atoms with E-state index in [1.807, 2.05) is 0 Å². The molecule has 4 atom stereocenters. The summed E-state index contributed by atoms with van der Waals surface area (Å²) < 4.78 is 0. The predicted molar refractivity (Wildman–Crippen MR) is 56.4 cm³/mol. The molecule has 0 aromatic carbocycles. The second-order valence-corrected chi connectivity index (χ2v) is 5.72. The molecule has 0 aliphatic heterocycles. The Morgan fingerprint density at radius 3 is 2.53 bits per heavy atom. The first-order chi connectivity index (χ1) is 6.90. The van der Waals surface area contributed by atoms with Crippen molar-refractivity contribution < 1.29 is 15.0 Å². The maximum atomic E-state index is 10.7. The molecule has 0 saturated heterocycles. The summed E-state index contributed by atoms with van der Waals surface area (Å²) >= 11 is 0. The number of aliphatic carboxylic acids is 1. The minimum absolute atomic E-state index is 0.0325. The van der Waals surface area contributed by atoms with Gasteiger partial charge in [-0.25, -0.2) is 0 Å². The van der Waals surface area contributed by atoms with Crippen molar-refractivity contribution in [3.05, 3.63) is 0 Å². The first-order valence-corrected chi connectivity index (χ1v) is 5.80. The number of aliphatic hydroxyl groups is 1. The number of carboxylic acid groups (broad SMARTS) is 1. The Kier molecular flexibility index (Phi) is 2.34. The molecule has 0 radical (unpaired) electrons. The van der Waals surface area contributed by atoms with Crippen molar-refractivity contribution in [3.8, 4) is 0 Å². The largest absolute Gasteiger partial charge is 0.481 e. The first kappa shape index (κ1) is 10.9. The lowest BCUT2D eigenvalue weighted by atomic mass is 9.66. The Balaban J connectivity index is 2.17. The van der Waals surface area contributed by atoms with Crippen molar-refractivity contribution in [1.82, 2.24) is 0 Å². The molecule has 15 heavy (non-hydrogen) atoms. The summed E-state index contributed by atoms with van der Waals surface area (Å²) in [4.78, 5) is 10.7. The molecule has 2 saturated carbocycles. The Morgan fingerprint density at radius 1 is 1.47 bits per heavy atom. The van der Waals surface area contributed by atoms with Gasteiger partial charge >= 0.3 is 5.97 Å². The van der Waals surface area contributed by atoms with E-state index in [0.29, 0.717) is 12.3 Å². The van der Waals surface area contributed by atoms with E-state index in [0.717, 1.165) is 19.3 Å². The zero-order valence-electron chi connectivity index (χ0n) is 9.49. The van der Waals surface area contributed by atoms with E-state index in [9.17, 15) is 9.90 Å². The van der Waals surface area contributed by atoms with Crippen LogP contribution in [0.2, 0.25) is 0 Å². The lowest BCUT2D eigenvalue weighted by molar-refractivity contribution is -0.138. The minimum Gasteiger partial charge on any atom is -0.481 e. The molecule has 2 aliphatic rings. The molecule has 2 N–H and O–H groups in total. The molecule has 0 spiro atoms. The van der Waals surface area contributed by atoms with Gasteiger partial charge in [-0.05, 0) is 42.4 Å². The van der Waals surface area contributed by atoms with Gasteiger partial charge in [0.15, 0.2) is 0 Å². The molecular weight excluding hydrogens is 192 g/mol. The van der Waals surface area contributed by atoms with E-state index >= 15 is 0 Å². The van der Waals surface area contributed by atoms with Gasteiger partial charge in [-0.15, -0.1) is 0 Å². The van der Waals surface area contributed by atoms with Gasteiger partial charge in [0.05, 0.1) is 6.10 Å². The third-order valence-electron chi connectivity index (χ3n) is 5.32. The van der Waals surface area contributed by atoms with Crippen LogP contribution >= 0.6 is 0 Å². The highest BCUT2D eigenvalue weighted by atomic mass is 16.4. The summed E-state index contributed by atoms with van der Waals surface area (Å²) in [6.45, 7) is 4.30. The van der Waals surface area contributed by atoms with Gasteiger partial charge < -0.3 is 10.2 Å². The Labute approximate surface area is 90.5 Å². The van der Waals surface area contributed by atoms with Crippen LogP contribution in [0.1, 0.15) is 46.0 Å². The summed E-state index contributed by atoms with van der Waals surface area (Å²) in [5.74, 6) is -0.197. The SMILES string of the molecule is C[C@]1(CCC(=O)O)[C@@H]2CC[C@@]1(C)[C@@H](O)C2. The van der Waals surface area contributed by atoms with Gasteiger partial charge in [-0.2, -0.15) is 0 Å². The number of aliphatic hydroxyl groups excluding tert-OH is 1. The fourth-order valence-electron chi connectivity index (χ4n) is 3.86. The molecule has 2 fully saturated rings. The molecule has 2 rings (SSSR count). The number of carboxylic acids is 1. The zero-order chi connectivity index (χ0) is 11.3. The Morgan fingerprint density at radius 2 is 2.13 bits per heavy atom. The lowest BCUT2D eigenvalue weighted by Gasteiger charge is -2.39. The molecule has 0 heterocycles. The molecular formula is C12H20O3. The number of hydrogen-bond donors (Lipinski definition) is 2. The zero-order valence-corrected chi connectivity index (χ0v) is 9.49. The third kappa shape index (κ3) is 1.32. The van der Waals surface area contributed by atoms with Crippen LogP contribution in [0, 0.1) is 16.7 Å². The number of hydrogen-bond acceptors (Lipinski definition) is 2. The monoisotopic (exact) mass is 212 g/mol. The summed E-state index contributed by atoms with van der Waals surface area (Å²) in [5.41, 5.74) is -0.0159. The molecule has 0 aromatic rings. The van der Waals surface area contributed by atoms with Gasteiger partial charge in [0, 0.05) is 6.42 Å². The van der Waals surface area contributed by atoms with Crippen LogP contribution in [0.25, 0.3) is 0 Å². The number of rotatable bonds is 3. The predicted octanol–water partition coefficient (Wildman–Crippen LogP) is 2.04. The van der Waals surface area contributed by atoms with Crippen LogP contribution in [0.15, 0.2) is 0 Å². The summed E-state index contributed by atoms with van der Waals surface area (Å²) in [6.07, 6.45) is 3.79. The van der Waals surface area contributed by atoms with E-state index in [2.05, 4.69) is 13.8 Å². The second kappa shape index (κ2) is 3.21. The normalized spacial score (nSPS) is 48.5. The molecule has 3 heteroatoms. The molecule has 3 nitrogen and oxygen atoms in total. The standard InChI is InChI=1S/C12H20O3/c1-11(6-4-10(14)15)8-3-5-12(11,2)9(13)7-8/h8-9,13H,3-7H2,1-2H3,(H,14,15)/t8-,9+,11+,12+/m1/s1. The van der Waals surface area contributed by atoms with Crippen LogP contribution in [-0.4, -0.2) is 22.3 Å². The van der Waals surface area contributed by atoms with Crippen LogP contribution in [0.5, 0.6) is 0 Å². The minimum atomic E-state index is -0.722. The average Bonchev–Trinajstić information content (AvgIpc) is 2.50. The van der Waals surface area contributed by atoms with Crippen molar-refractivity contribution >= 4 is 5.97 Å². The third-order valence-corrected chi connectivity index (χ3v) is 5.32. The van der Waals surface area contributed by atoms with Crippen molar-refractivity contribution in [2.24, 2.45) is 16.7 Å². The van der Waals surface area contributed by atoms with E-state index in [1.165, 1.54) is 0 Å². The van der Waals surface area contributed by atoms with E-state index in [4.69, 9.17) is 5.11 Å².